The van der Waals surface area contributed by atoms with Crippen molar-refractivity contribution < 1.29 is 22.5 Å². The van der Waals surface area contributed by atoms with Crippen molar-refractivity contribution in [2.75, 3.05) is 11.4 Å². The highest BCUT2D eigenvalue weighted by molar-refractivity contribution is 6.08. The van der Waals surface area contributed by atoms with Crippen molar-refractivity contribution in [3.8, 4) is 11.4 Å². The fourth-order valence-electron chi connectivity index (χ4n) is 3.76. The maximum absolute atomic E-state index is 13.0. The molecule has 142 valence electrons. The fraction of sp³-hybridized carbons (Fsp3) is 0.250. The highest BCUT2D eigenvalue weighted by Crippen LogP contribution is 2.56. The molecule has 0 bridgehead atoms. The van der Waals surface area contributed by atoms with E-state index in [1.165, 1.54) is 17.7 Å². The van der Waals surface area contributed by atoms with Crippen molar-refractivity contribution >= 4 is 11.6 Å². The summed E-state index contributed by atoms with van der Waals surface area (Å²) in [6.45, 7) is 0.659. The van der Waals surface area contributed by atoms with Gasteiger partial charge >= 0.3 is 12.1 Å². The molecule has 8 heteroatoms. The summed E-state index contributed by atoms with van der Waals surface area (Å²) in [7, 11) is 0. The molecule has 1 amide bonds. The molecule has 5 nitrogen and oxygen atoms in total. The lowest BCUT2D eigenvalue weighted by molar-refractivity contribution is -0.159. The second-order valence-electron chi connectivity index (χ2n) is 7.19. The summed E-state index contributed by atoms with van der Waals surface area (Å²) < 4.78 is 42.1. The van der Waals surface area contributed by atoms with Crippen LogP contribution in [-0.4, -0.2) is 22.6 Å². The van der Waals surface area contributed by atoms with Gasteiger partial charge in [0.25, 0.3) is 5.91 Å². The molecule has 0 N–H and O–H groups in total. The second-order valence-corrected chi connectivity index (χ2v) is 7.19. The first-order valence-corrected chi connectivity index (χ1v) is 8.80. The van der Waals surface area contributed by atoms with Gasteiger partial charge in [-0.3, -0.25) is 4.79 Å². The lowest BCUT2D eigenvalue weighted by atomic mass is 9.99. The van der Waals surface area contributed by atoms with E-state index >= 15 is 0 Å². The minimum Gasteiger partial charge on any atom is -0.329 e. The molecule has 1 aliphatic carbocycles. The number of hydrogen-bond acceptors (Lipinski definition) is 4. The smallest absolute Gasteiger partial charge is 0.329 e. The quantitative estimate of drug-likeness (QED) is 0.654. The molecular formula is C20H14F3N3O2. The normalized spacial score (nSPS) is 17.0. The van der Waals surface area contributed by atoms with Gasteiger partial charge in [0.1, 0.15) is 0 Å². The number of para-hydroxylation sites is 1. The number of rotatable bonds is 2. The SMILES string of the molecule is O=C(c1ccc(-c2noc(C(F)(F)F)n2)cc1)N1CC2(CC2)c2ccccc21. The molecule has 0 atom stereocenters. The molecule has 2 aromatic carbocycles. The largest absolute Gasteiger partial charge is 0.471 e. The van der Waals surface area contributed by atoms with E-state index in [9.17, 15) is 18.0 Å². The van der Waals surface area contributed by atoms with Gasteiger partial charge in [0.05, 0.1) is 0 Å². The van der Waals surface area contributed by atoms with Crippen molar-refractivity contribution in [2.24, 2.45) is 0 Å². The zero-order valence-electron chi connectivity index (χ0n) is 14.5. The molecule has 2 aliphatic rings. The number of aromatic nitrogens is 2. The van der Waals surface area contributed by atoms with E-state index < -0.39 is 12.1 Å². The van der Waals surface area contributed by atoms with Gasteiger partial charge in [-0.15, -0.1) is 0 Å². The molecule has 0 radical (unpaired) electrons. The lowest BCUT2D eigenvalue weighted by Crippen LogP contribution is -2.31. The molecule has 1 saturated carbocycles. The number of fused-ring (bicyclic) bond motifs is 2. The predicted molar refractivity (Wildman–Crippen MR) is 93.8 cm³/mol. The number of anilines is 1. The van der Waals surface area contributed by atoms with E-state index in [2.05, 4.69) is 20.7 Å². The third kappa shape index (κ3) is 2.59. The van der Waals surface area contributed by atoms with E-state index in [4.69, 9.17) is 0 Å². The van der Waals surface area contributed by atoms with Crippen molar-refractivity contribution in [1.82, 2.24) is 10.1 Å². The number of alkyl halides is 3. The standard InChI is InChI=1S/C20H14F3N3O2/c21-20(22,23)18-24-16(25-28-18)12-5-7-13(8-6-12)17(27)26-11-19(9-10-19)14-3-1-2-4-15(14)26/h1-8H,9-11H2. The summed E-state index contributed by atoms with van der Waals surface area (Å²) in [5, 5.41) is 3.36. The van der Waals surface area contributed by atoms with E-state index in [1.807, 2.05) is 18.2 Å². The topological polar surface area (TPSA) is 59.2 Å². The van der Waals surface area contributed by atoms with Crippen LogP contribution in [0.5, 0.6) is 0 Å². The Labute approximate surface area is 157 Å². The Morgan fingerprint density at radius 1 is 1.07 bits per heavy atom. The zero-order chi connectivity index (χ0) is 19.5. The van der Waals surface area contributed by atoms with Crippen molar-refractivity contribution in [2.45, 2.75) is 24.4 Å². The van der Waals surface area contributed by atoms with Crippen LogP contribution < -0.4 is 4.90 Å². The number of halogens is 3. The summed E-state index contributed by atoms with van der Waals surface area (Å²) in [6, 6.07) is 14.1. The monoisotopic (exact) mass is 385 g/mol. The third-order valence-electron chi connectivity index (χ3n) is 5.38. The molecule has 0 saturated heterocycles. The average molecular weight is 385 g/mol. The van der Waals surface area contributed by atoms with Crippen LogP contribution in [0.4, 0.5) is 18.9 Å². The molecule has 1 fully saturated rings. The Balaban J connectivity index is 1.41. The fourth-order valence-corrected chi connectivity index (χ4v) is 3.76. The minimum absolute atomic E-state index is 0.0881. The number of nitrogens with zero attached hydrogens (tertiary/aromatic N) is 3. The van der Waals surface area contributed by atoms with Gasteiger partial charge < -0.3 is 9.42 Å². The first-order chi connectivity index (χ1) is 13.4. The molecule has 2 heterocycles. The molecular weight excluding hydrogens is 371 g/mol. The highest BCUT2D eigenvalue weighted by atomic mass is 19.4. The number of carbonyl (C=O) groups is 1. The van der Waals surface area contributed by atoms with Gasteiger partial charge in [-0.2, -0.15) is 18.2 Å². The minimum atomic E-state index is -4.69. The summed E-state index contributed by atoms with van der Waals surface area (Å²) >= 11 is 0. The van der Waals surface area contributed by atoms with Gasteiger partial charge in [0.2, 0.25) is 5.82 Å². The Bertz CT molecular complexity index is 1070. The molecule has 3 aromatic rings. The van der Waals surface area contributed by atoms with E-state index in [-0.39, 0.29) is 17.1 Å². The van der Waals surface area contributed by atoms with Crippen LogP contribution in [0.25, 0.3) is 11.4 Å². The molecule has 28 heavy (non-hydrogen) atoms. The van der Waals surface area contributed by atoms with Gasteiger partial charge in [-0.05, 0) is 36.6 Å². The molecule has 1 aromatic heterocycles. The summed E-state index contributed by atoms with van der Waals surface area (Å²) in [5.74, 6) is -1.70. The van der Waals surface area contributed by atoms with Crippen LogP contribution >= 0.6 is 0 Å². The number of benzene rings is 2. The van der Waals surface area contributed by atoms with Crippen LogP contribution in [0.2, 0.25) is 0 Å². The third-order valence-corrected chi connectivity index (χ3v) is 5.38. The maximum Gasteiger partial charge on any atom is 0.471 e. The Hall–Kier alpha value is -3.16. The highest BCUT2D eigenvalue weighted by Gasteiger charge is 2.52. The van der Waals surface area contributed by atoms with Gasteiger partial charge in [0, 0.05) is 28.8 Å². The Morgan fingerprint density at radius 3 is 2.43 bits per heavy atom. The van der Waals surface area contributed by atoms with Crippen molar-refractivity contribution in [1.29, 1.82) is 0 Å². The van der Waals surface area contributed by atoms with E-state index in [0.717, 1.165) is 18.5 Å². The predicted octanol–water partition coefficient (Wildman–Crippen LogP) is 4.45. The first kappa shape index (κ1) is 17.0. The van der Waals surface area contributed by atoms with Gasteiger partial charge in [-0.25, -0.2) is 0 Å². The van der Waals surface area contributed by atoms with Crippen LogP contribution in [0.15, 0.2) is 53.1 Å². The Kier molecular flexibility index (Phi) is 3.44. The van der Waals surface area contributed by atoms with Crippen molar-refractivity contribution in [3.05, 3.63) is 65.5 Å². The number of hydrogen-bond donors (Lipinski definition) is 0. The van der Waals surface area contributed by atoms with Crippen molar-refractivity contribution in [3.63, 3.8) is 0 Å². The van der Waals surface area contributed by atoms with Crippen LogP contribution in [0.3, 0.4) is 0 Å². The first-order valence-electron chi connectivity index (χ1n) is 8.80. The van der Waals surface area contributed by atoms with Crippen LogP contribution in [-0.2, 0) is 11.6 Å². The second kappa shape index (κ2) is 5.67. The molecule has 0 unspecified atom stereocenters. The summed E-state index contributed by atoms with van der Waals surface area (Å²) in [6.07, 6.45) is -2.54. The zero-order valence-corrected chi connectivity index (χ0v) is 14.5. The Morgan fingerprint density at radius 2 is 1.79 bits per heavy atom. The number of carbonyl (C=O) groups excluding carboxylic acids is 1. The number of amides is 1. The van der Waals surface area contributed by atoms with Crippen LogP contribution in [0.1, 0.15) is 34.7 Å². The van der Waals surface area contributed by atoms with E-state index in [0.29, 0.717) is 17.7 Å². The summed E-state index contributed by atoms with van der Waals surface area (Å²) in [4.78, 5) is 18.2. The molecule has 1 aliphatic heterocycles. The lowest BCUT2D eigenvalue weighted by Gasteiger charge is -2.18. The molecule has 1 spiro atoms. The van der Waals surface area contributed by atoms with Gasteiger partial charge in [0.15, 0.2) is 0 Å². The van der Waals surface area contributed by atoms with Crippen LogP contribution in [0, 0.1) is 0 Å². The van der Waals surface area contributed by atoms with E-state index in [1.54, 1.807) is 17.0 Å². The maximum atomic E-state index is 13.0. The summed E-state index contributed by atoms with van der Waals surface area (Å²) in [5.41, 5.74) is 3.03. The molecule has 5 rings (SSSR count). The average Bonchev–Trinajstić information content (AvgIpc) is 3.14. The van der Waals surface area contributed by atoms with Gasteiger partial charge in [-0.1, -0.05) is 35.5 Å².